The van der Waals surface area contributed by atoms with E-state index in [4.69, 9.17) is 0 Å². The lowest BCUT2D eigenvalue weighted by atomic mass is 9.80. The van der Waals surface area contributed by atoms with Gasteiger partial charge in [0.25, 0.3) is 0 Å². The lowest BCUT2D eigenvalue weighted by molar-refractivity contribution is 0.158. The highest BCUT2D eigenvalue weighted by Crippen LogP contribution is 2.39. The Bertz CT molecular complexity index is 759. The normalized spacial score (nSPS) is 13.4. The molecule has 154 valence electrons. The van der Waals surface area contributed by atoms with Crippen LogP contribution < -0.4 is 0 Å². The van der Waals surface area contributed by atoms with Gasteiger partial charge >= 0.3 is 0 Å². The van der Waals surface area contributed by atoms with Gasteiger partial charge in [-0.25, -0.2) is 0 Å². The fourth-order valence-electron chi connectivity index (χ4n) is 3.40. The van der Waals surface area contributed by atoms with Gasteiger partial charge in [-0.05, 0) is 72.9 Å². The third-order valence-corrected chi connectivity index (χ3v) is 4.89. The highest BCUT2D eigenvalue weighted by molar-refractivity contribution is 5.52. The molecule has 0 saturated carbocycles. The Hall–Kier alpha value is -2.84. The molecule has 0 saturated heterocycles. The number of aliphatic hydroxyl groups is 2. The van der Waals surface area contributed by atoms with Crippen molar-refractivity contribution in [3.63, 3.8) is 0 Å². The lowest BCUT2D eigenvalue weighted by Crippen LogP contribution is -2.23. The molecule has 0 unspecified atom stereocenters. The zero-order valence-electron chi connectivity index (χ0n) is 15.3. The van der Waals surface area contributed by atoms with Crippen LogP contribution in [-0.2, 0) is 12.8 Å². The van der Waals surface area contributed by atoms with Crippen molar-refractivity contribution in [3.05, 3.63) is 35.4 Å². The first-order valence-electron chi connectivity index (χ1n) is 8.96. The molecule has 0 aliphatic heterocycles. The Balaban J connectivity index is 2.26. The van der Waals surface area contributed by atoms with E-state index in [2.05, 4.69) is 0 Å². The number of benzene rings is 2. The van der Waals surface area contributed by atoms with E-state index in [1.807, 2.05) is 0 Å². The quantitative estimate of drug-likeness (QED) is 0.298. The third kappa shape index (κ3) is 5.11. The zero-order chi connectivity index (χ0) is 20.8. The second-order valence-electron chi connectivity index (χ2n) is 6.94. The van der Waals surface area contributed by atoms with E-state index in [1.54, 1.807) is 0 Å². The van der Waals surface area contributed by atoms with E-state index in [1.165, 1.54) is 24.3 Å². The molecule has 28 heavy (non-hydrogen) atoms. The highest BCUT2D eigenvalue weighted by Gasteiger charge is 2.23. The van der Waals surface area contributed by atoms with Crippen molar-refractivity contribution in [2.24, 2.45) is 11.8 Å². The van der Waals surface area contributed by atoms with Crippen LogP contribution in [0.1, 0.15) is 24.0 Å². The summed E-state index contributed by atoms with van der Waals surface area (Å²) in [6, 6.07) is 5.26. The largest absolute Gasteiger partial charge is 0.504 e. The monoisotopic (exact) mass is 394 g/mol. The SMILES string of the molecule is OCCC[C@H](Cc1cc(O)c(O)c(O)c1)[C@H](CO)Cc1cc(O)c(O)c(O)c1. The molecule has 0 amide bonds. The van der Waals surface area contributed by atoms with E-state index in [9.17, 15) is 40.9 Å². The average Bonchev–Trinajstić information content (AvgIpc) is 2.65. The number of hydrogen-bond donors (Lipinski definition) is 8. The summed E-state index contributed by atoms with van der Waals surface area (Å²) in [6.45, 7) is -0.254. The van der Waals surface area contributed by atoms with Crippen LogP contribution in [0.25, 0.3) is 0 Å². The number of rotatable bonds is 9. The molecular weight excluding hydrogens is 368 g/mol. The maximum absolute atomic E-state index is 9.91. The summed E-state index contributed by atoms with van der Waals surface area (Å²) in [5.74, 6) is -3.55. The van der Waals surface area contributed by atoms with Crippen LogP contribution in [0, 0.1) is 11.8 Å². The summed E-state index contributed by atoms with van der Waals surface area (Å²) in [6.07, 6.45) is 1.65. The molecular formula is C20H26O8. The van der Waals surface area contributed by atoms with Crippen molar-refractivity contribution in [2.45, 2.75) is 25.7 Å². The molecule has 0 aliphatic rings. The molecule has 0 bridgehead atoms. The topological polar surface area (TPSA) is 162 Å². The molecule has 8 nitrogen and oxygen atoms in total. The number of phenols is 6. The molecule has 2 rings (SSSR count). The van der Waals surface area contributed by atoms with Gasteiger partial charge in [-0.15, -0.1) is 0 Å². The van der Waals surface area contributed by atoms with Crippen LogP contribution >= 0.6 is 0 Å². The second kappa shape index (κ2) is 9.38. The van der Waals surface area contributed by atoms with Crippen molar-refractivity contribution in [3.8, 4) is 34.5 Å². The van der Waals surface area contributed by atoms with Gasteiger partial charge in [-0.1, -0.05) is 0 Å². The maximum Gasteiger partial charge on any atom is 0.200 e. The van der Waals surface area contributed by atoms with Crippen molar-refractivity contribution in [2.75, 3.05) is 13.2 Å². The van der Waals surface area contributed by atoms with Gasteiger partial charge in [0.1, 0.15) is 0 Å². The third-order valence-electron chi connectivity index (χ3n) is 4.89. The van der Waals surface area contributed by atoms with Crippen LogP contribution in [0.15, 0.2) is 24.3 Å². The molecule has 2 aromatic carbocycles. The van der Waals surface area contributed by atoms with Gasteiger partial charge in [0, 0.05) is 13.2 Å². The number of aromatic hydroxyl groups is 6. The Morgan fingerprint density at radius 2 is 1.00 bits per heavy atom. The molecule has 0 fully saturated rings. The molecule has 0 spiro atoms. The van der Waals surface area contributed by atoms with Gasteiger partial charge in [-0.3, -0.25) is 0 Å². The van der Waals surface area contributed by atoms with E-state index in [0.29, 0.717) is 30.4 Å². The molecule has 2 atom stereocenters. The van der Waals surface area contributed by atoms with Crippen molar-refractivity contribution >= 4 is 0 Å². The average molecular weight is 394 g/mol. The van der Waals surface area contributed by atoms with Gasteiger partial charge < -0.3 is 40.9 Å². The summed E-state index contributed by atoms with van der Waals surface area (Å²) in [5, 5.41) is 76.8. The minimum absolute atomic E-state index is 0.0402. The first-order valence-corrected chi connectivity index (χ1v) is 8.96. The number of aliphatic hydroxyl groups excluding tert-OH is 2. The molecule has 0 aromatic heterocycles. The molecule has 8 N–H and O–H groups in total. The fraction of sp³-hybridized carbons (Fsp3) is 0.400. The van der Waals surface area contributed by atoms with Crippen molar-refractivity contribution in [1.82, 2.24) is 0 Å². The summed E-state index contributed by atoms with van der Waals surface area (Å²) in [7, 11) is 0. The van der Waals surface area contributed by atoms with Crippen LogP contribution in [0.5, 0.6) is 34.5 Å². The first-order chi connectivity index (χ1) is 13.3. The summed E-state index contributed by atoms with van der Waals surface area (Å²) in [5.41, 5.74) is 1.06. The van der Waals surface area contributed by atoms with Crippen LogP contribution in [-0.4, -0.2) is 54.1 Å². The van der Waals surface area contributed by atoms with E-state index in [-0.39, 0.29) is 31.5 Å². The number of phenolic OH excluding ortho intramolecular Hbond substituents is 6. The second-order valence-corrected chi connectivity index (χ2v) is 6.94. The van der Waals surface area contributed by atoms with Gasteiger partial charge in [0.05, 0.1) is 0 Å². The lowest BCUT2D eigenvalue weighted by Gasteiger charge is -2.26. The summed E-state index contributed by atoms with van der Waals surface area (Å²) >= 11 is 0. The zero-order valence-corrected chi connectivity index (χ0v) is 15.3. The van der Waals surface area contributed by atoms with Crippen LogP contribution in [0.4, 0.5) is 0 Å². The Kier molecular flexibility index (Phi) is 7.19. The number of hydrogen-bond acceptors (Lipinski definition) is 8. The molecule has 0 radical (unpaired) electrons. The van der Waals surface area contributed by atoms with Gasteiger partial charge in [0.2, 0.25) is 0 Å². The predicted octanol–water partition coefficient (Wildman–Crippen LogP) is 1.70. The molecule has 0 heterocycles. The molecule has 8 heteroatoms. The van der Waals surface area contributed by atoms with Crippen LogP contribution in [0.3, 0.4) is 0 Å². The summed E-state index contributed by atoms with van der Waals surface area (Å²) < 4.78 is 0. The standard InChI is InChI=1S/C20H26O8/c21-3-1-2-13(4-11-6-15(23)19(27)16(24)7-11)14(10-22)5-12-8-17(25)20(28)18(26)9-12/h6-9,13-14,21-28H,1-5,10H2/t13-,14+/m1/s1. The minimum atomic E-state index is -0.615. The Morgan fingerprint density at radius 1 is 0.607 bits per heavy atom. The van der Waals surface area contributed by atoms with E-state index >= 15 is 0 Å². The molecule has 0 aliphatic carbocycles. The Labute approximate surface area is 162 Å². The predicted molar refractivity (Wildman–Crippen MR) is 101 cm³/mol. The molecule has 2 aromatic rings. The minimum Gasteiger partial charge on any atom is -0.504 e. The van der Waals surface area contributed by atoms with E-state index < -0.39 is 34.5 Å². The Morgan fingerprint density at radius 3 is 1.36 bits per heavy atom. The van der Waals surface area contributed by atoms with Gasteiger partial charge in [-0.2, -0.15) is 0 Å². The van der Waals surface area contributed by atoms with Gasteiger partial charge in [0.15, 0.2) is 34.5 Å². The van der Waals surface area contributed by atoms with Crippen molar-refractivity contribution in [1.29, 1.82) is 0 Å². The highest BCUT2D eigenvalue weighted by atomic mass is 16.3. The van der Waals surface area contributed by atoms with Crippen LogP contribution in [0.2, 0.25) is 0 Å². The smallest absolute Gasteiger partial charge is 0.200 e. The maximum atomic E-state index is 9.91. The van der Waals surface area contributed by atoms with Crippen molar-refractivity contribution < 1.29 is 40.9 Å². The fourth-order valence-corrected chi connectivity index (χ4v) is 3.40. The summed E-state index contributed by atoms with van der Waals surface area (Å²) in [4.78, 5) is 0. The first kappa shape index (κ1) is 21.5. The van der Waals surface area contributed by atoms with E-state index in [0.717, 1.165) is 0 Å².